The molecular formula is C74H109LiN10O21. The summed E-state index contributed by atoms with van der Waals surface area (Å²) in [6, 6.07) is 22.0. The average molecular weight is 1480 g/mol. The summed E-state index contributed by atoms with van der Waals surface area (Å²) in [6.07, 6.45) is 0.575. The molecule has 10 amide bonds. The zero-order valence-electron chi connectivity index (χ0n) is 65.0. The maximum atomic E-state index is 13.7. The summed E-state index contributed by atoms with van der Waals surface area (Å²) in [5, 5.41) is 20.7. The van der Waals surface area contributed by atoms with E-state index in [1.165, 1.54) is 76.8 Å². The topological polar surface area (TPSA) is 380 Å². The van der Waals surface area contributed by atoms with Crippen LogP contribution in [-0.4, -0.2) is 288 Å². The van der Waals surface area contributed by atoms with Gasteiger partial charge >= 0.3 is 61.1 Å². The number of carboxylic acid groups (broad SMARTS) is 2. The number of likely N-dealkylation sites (N-methyl/N-ethyl adjacent to an activating group) is 9. The molecule has 0 saturated heterocycles. The van der Waals surface area contributed by atoms with Crippen LogP contribution in [0.3, 0.4) is 0 Å². The fourth-order valence-corrected chi connectivity index (χ4v) is 10.2. The summed E-state index contributed by atoms with van der Waals surface area (Å²) in [6.45, 7) is 17.4. The largest absolute Gasteiger partial charge is 1.00 e. The first kappa shape index (κ1) is 94.4. The third kappa shape index (κ3) is 32.4. The smallest absolute Gasteiger partial charge is 0.870 e. The van der Waals surface area contributed by atoms with E-state index >= 15 is 0 Å². The summed E-state index contributed by atoms with van der Waals surface area (Å²) in [7, 11) is 13.7. The number of fused-ring (bicyclic) bond motifs is 3. The molecule has 3 atom stereocenters. The van der Waals surface area contributed by atoms with Crippen molar-refractivity contribution in [2.24, 2.45) is 0 Å². The Morgan fingerprint density at radius 3 is 1.27 bits per heavy atom. The molecule has 0 unspecified atom stereocenters. The van der Waals surface area contributed by atoms with E-state index in [2.05, 4.69) is 5.32 Å². The van der Waals surface area contributed by atoms with E-state index in [1.807, 2.05) is 78.9 Å². The number of nitrogens with zero attached hydrogens (tertiary/aromatic N) is 9. The van der Waals surface area contributed by atoms with E-state index < -0.39 is 95.4 Å². The van der Waals surface area contributed by atoms with Crippen LogP contribution in [0.1, 0.15) is 130 Å². The molecule has 1 aliphatic heterocycles. The van der Waals surface area contributed by atoms with Crippen molar-refractivity contribution in [3.8, 4) is 11.1 Å². The Kier molecular flexibility index (Phi) is 39.6. The van der Waals surface area contributed by atoms with Gasteiger partial charge < -0.3 is 79.0 Å². The normalized spacial score (nSPS) is 12.9. The van der Waals surface area contributed by atoms with Gasteiger partial charge in [-0.2, -0.15) is 0 Å². The second-order valence-electron chi connectivity index (χ2n) is 28.3. The fourth-order valence-electron chi connectivity index (χ4n) is 10.2. The zero-order chi connectivity index (χ0) is 78.6. The second kappa shape index (κ2) is 44.4. The number of carbonyl (C=O) groups excluding carboxylic acids is 11. The van der Waals surface area contributed by atoms with E-state index in [1.54, 1.807) is 90.5 Å². The molecule has 0 saturated carbocycles. The number of esters is 1. The number of carboxylic acids is 2. The van der Waals surface area contributed by atoms with Gasteiger partial charge in [0.2, 0.25) is 23.6 Å². The molecule has 1 heterocycles. The molecule has 3 aromatic carbocycles. The number of amides is 10. The van der Waals surface area contributed by atoms with Gasteiger partial charge in [0.05, 0.1) is 25.3 Å². The van der Waals surface area contributed by atoms with E-state index in [9.17, 15) is 67.4 Å². The number of hydrogen-bond acceptors (Lipinski definition) is 20. The molecule has 0 fully saturated rings. The molecule has 0 aromatic heterocycles. The Labute approximate surface area is 634 Å². The van der Waals surface area contributed by atoms with Crippen molar-refractivity contribution < 1.29 is 121 Å². The predicted molar refractivity (Wildman–Crippen MR) is 387 cm³/mol. The first-order chi connectivity index (χ1) is 48.5. The van der Waals surface area contributed by atoms with Gasteiger partial charge in [0.1, 0.15) is 42.1 Å². The van der Waals surface area contributed by atoms with Crippen LogP contribution in [0.15, 0.2) is 91.0 Å². The first-order valence-corrected chi connectivity index (χ1v) is 34.2. The van der Waals surface area contributed by atoms with Gasteiger partial charge in [-0.15, -0.1) is 0 Å². The number of imide groups is 1. The van der Waals surface area contributed by atoms with Gasteiger partial charge in [0.25, 0.3) is 11.8 Å². The molecule has 2 aliphatic rings. The van der Waals surface area contributed by atoms with Gasteiger partial charge in [-0.3, -0.25) is 53.0 Å². The summed E-state index contributed by atoms with van der Waals surface area (Å²) >= 11 is 0. The van der Waals surface area contributed by atoms with Gasteiger partial charge in [-0.25, -0.2) is 19.2 Å². The third-order valence-corrected chi connectivity index (χ3v) is 16.2. The molecule has 1 aliphatic carbocycles. The van der Waals surface area contributed by atoms with E-state index in [4.69, 9.17) is 28.8 Å². The van der Waals surface area contributed by atoms with E-state index in [0.29, 0.717) is 25.8 Å². The fraction of sp³-hybridized carbons (Fsp3) is 0.554. The summed E-state index contributed by atoms with van der Waals surface area (Å²) in [5.74, 6) is -5.55. The van der Waals surface area contributed by atoms with Crippen LogP contribution < -0.4 is 24.2 Å². The van der Waals surface area contributed by atoms with Crippen LogP contribution in [0, 0.1) is 0 Å². The quantitative estimate of drug-likeness (QED) is 0.0269. The standard InChI is InChI=1S/C36H43N3O7.C24H38N4O8.C14H27N3O5.Li.H2O/c1-36(2,3)46-34(42)38(5)21-20-37(4)33(41)31(22-32(40)44-23-25-14-8-7-9-15-25)39(6)35(43)45-24-30-28-18-12-10-16-26(28)27-17-11-13-19-29(27)30;1-24(2,3)36-23(35)26(5)15-14-25(4)22(34)17(16-21(32)33)27(6)18(29)10-8-7-9-13-28-19(30)11-12-20(28)31;1-14(2,3)22-13(21)17(6)8-7-16(5)12(20)10(15-4)9-11(18)19;;/h7-19,30-31H,20-24H2,1-6H3;11-12,17H,7-10,13-16H2,1-6H3,(H,32,33);10,15H,7-9H2,1-6H3,(H,18,19);;1H2/q;;;+1;/p-1/t31-;17-;10-;;/m000../s1. The number of hydrogen-bond donors (Lipinski definition) is 3. The number of unbranched alkanes of at least 4 members (excludes halogenated alkanes) is 2. The van der Waals surface area contributed by atoms with Crippen LogP contribution in [0.25, 0.3) is 11.1 Å². The van der Waals surface area contributed by atoms with Crippen molar-refractivity contribution >= 4 is 77.7 Å². The number of aliphatic carboxylic acids is 2. The molecule has 0 bridgehead atoms. The number of rotatable bonds is 31. The van der Waals surface area contributed by atoms with E-state index in [-0.39, 0.29) is 126 Å². The molecule has 0 spiro atoms. The van der Waals surface area contributed by atoms with Crippen LogP contribution in [0.4, 0.5) is 19.2 Å². The predicted octanol–water partition coefficient (Wildman–Crippen LogP) is 4.00. The maximum Gasteiger partial charge on any atom is 1.00 e. The van der Waals surface area contributed by atoms with Crippen molar-refractivity contribution in [3.05, 3.63) is 108 Å². The Balaban J connectivity index is 0.000000838. The van der Waals surface area contributed by atoms with Crippen molar-refractivity contribution in [2.75, 3.05) is 116 Å². The van der Waals surface area contributed by atoms with Crippen LogP contribution in [-0.2, 0) is 73.4 Å². The average Bonchev–Trinajstić information content (AvgIpc) is 1.61. The summed E-state index contributed by atoms with van der Waals surface area (Å²) < 4.78 is 27.1. The Morgan fingerprint density at radius 1 is 0.481 bits per heavy atom. The van der Waals surface area contributed by atoms with Gasteiger partial charge in [0, 0.05) is 127 Å². The Hall–Kier alpha value is -9.57. The number of ether oxygens (including phenoxy) is 5. The molecule has 0 radical (unpaired) electrons. The first-order valence-electron chi connectivity index (χ1n) is 34.2. The summed E-state index contributed by atoms with van der Waals surface area (Å²) in [5.41, 5.74) is 3.21. The minimum absolute atomic E-state index is 0. The molecule has 582 valence electrons. The SMILES string of the molecule is CN(CCN(C)C(=O)[C@H](CC(=O)O)N(C)C(=O)CCCCCN1C(=O)C=CC1=O)C(=O)OC(C)(C)C.CN(CCN(C)C(=O)[C@H](CC(=O)OCc1ccccc1)N(C)C(=O)OCC1c2ccccc2-c2ccccc21)C(=O)OC(C)(C)C.CN[C@@H](CC(=O)O)C(=O)N(C)CCN(C)C(=O)OC(C)(C)C.[Li+].[OH-]. The zero-order valence-corrected chi connectivity index (χ0v) is 65.0. The van der Waals surface area contributed by atoms with Crippen molar-refractivity contribution in [1.29, 1.82) is 0 Å². The molecule has 3 aromatic rings. The number of nitrogens with one attached hydrogen (secondary N) is 1. The molecule has 106 heavy (non-hydrogen) atoms. The van der Waals surface area contributed by atoms with Gasteiger partial charge in [-0.05, 0) is 110 Å². The van der Waals surface area contributed by atoms with Crippen LogP contribution in [0.5, 0.6) is 0 Å². The third-order valence-electron chi connectivity index (χ3n) is 16.2. The minimum atomic E-state index is -1.22. The molecule has 5 rings (SSSR count). The van der Waals surface area contributed by atoms with Crippen molar-refractivity contribution in [2.45, 2.75) is 155 Å². The monoisotopic (exact) mass is 1480 g/mol. The van der Waals surface area contributed by atoms with E-state index in [0.717, 1.165) is 42.5 Å². The van der Waals surface area contributed by atoms with Crippen molar-refractivity contribution in [3.63, 3.8) is 0 Å². The molecule has 31 nitrogen and oxygen atoms in total. The number of carbonyl (C=O) groups is 13. The number of benzene rings is 3. The maximum absolute atomic E-state index is 13.7. The molecular weight excluding hydrogens is 1370 g/mol. The van der Waals surface area contributed by atoms with Gasteiger partial charge in [0.15, 0.2) is 0 Å². The Bertz CT molecular complexity index is 3420. The van der Waals surface area contributed by atoms with Gasteiger partial charge in [-0.1, -0.05) is 85.3 Å². The second-order valence-corrected chi connectivity index (χ2v) is 28.3. The molecule has 4 N–H and O–H groups in total. The Morgan fingerprint density at radius 2 is 0.868 bits per heavy atom. The molecule has 32 heteroatoms. The van der Waals surface area contributed by atoms with Crippen molar-refractivity contribution in [1.82, 2.24) is 49.4 Å². The van der Waals surface area contributed by atoms with Crippen LogP contribution in [0.2, 0.25) is 0 Å². The minimum Gasteiger partial charge on any atom is -0.870 e. The summed E-state index contributed by atoms with van der Waals surface area (Å²) in [4.78, 5) is 171. The van der Waals surface area contributed by atoms with Crippen LogP contribution >= 0.6 is 0 Å².